The van der Waals surface area contributed by atoms with E-state index in [4.69, 9.17) is 10.9 Å². The van der Waals surface area contributed by atoms with Crippen LogP contribution < -0.4 is 21.4 Å². The lowest BCUT2D eigenvalue weighted by Crippen LogP contribution is -2.38. The number of carbonyl (C=O) groups excluding carboxylic acids is 2. The second-order valence-corrected chi connectivity index (χ2v) is 6.59. The molecule has 1 unspecified atom stereocenters. The van der Waals surface area contributed by atoms with Crippen LogP contribution in [-0.2, 0) is 16.1 Å². The summed E-state index contributed by atoms with van der Waals surface area (Å²) < 4.78 is 0. The monoisotopic (exact) mass is 395 g/mol. The lowest BCUT2D eigenvalue weighted by atomic mass is 10.1. The van der Waals surface area contributed by atoms with Crippen molar-refractivity contribution in [1.29, 1.82) is 0 Å². The van der Waals surface area contributed by atoms with Gasteiger partial charge >= 0.3 is 5.97 Å². The molecule has 1 aliphatic heterocycles. The van der Waals surface area contributed by atoms with Crippen LogP contribution in [0.2, 0.25) is 0 Å². The van der Waals surface area contributed by atoms with Gasteiger partial charge in [-0.1, -0.05) is 24.3 Å². The number of anilines is 2. The molecule has 0 saturated heterocycles. The Morgan fingerprint density at radius 1 is 1.31 bits per heavy atom. The van der Waals surface area contributed by atoms with Crippen molar-refractivity contribution in [3.8, 4) is 0 Å². The number of carboxylic acid groups (broad SMARTS) is 1. The SMILES string of the molecule is CN(C(=O)c1ccc2c(c1)NC(CC(=O)O)C(=O)NC2)c1ccccc1C=NN. The zero-order valence-corrected chi connectivity index (χ0v) is 15.8. The molecule has 1 aliphatic rings. The van der Waals surface area contributed by atoms with Crippen molar-refractivity contribution in [1.82, 2.24) is 5.32 Å². The summed E-state index contributed by atoms with van der Waals surface area (Å²) in [6, 6.07) is 11.3. The summed E-state index contributed by atoms with van der Waals surface area (Å²) in [6.07, 6.45) is 1.10. The number of para-hydroxylation sites is 1. The normalized spacial score (nSPS) is 15.8. The zero-order chi connectivity index (χ0) is 21.0. The van der Waals surface area contributed by atoms with Crippen LogP contribution in [0.25, 0.3) is 0 Å². The second kappa shape index (κ2) is 8.42. The van der Waals surface area contributed by atoms with E-state index in [2.05, 4.69) is 15.7 Å². The van der Waals surface area contributed by atoms with Crippen LogP contribution in [-0.4, -0.2) is 42.2 Å². The number of fused-ring (bicyclic) bond motifs is 1. The van der Waals surface area contributed by atoms with E-state index in [1.807, 2.05) is 6.07 Å². The summed E-state index contributed by atoms with van der Waals surface area (Å²) in [5.41, 5.74) is 3.03. The topological polar surface area (TPSA) is 137 Å². The lowest BCUT2D eigenvalue weighted by Gasteiger charge is -2.20. The average Bonchev–Trinajstić information content (AvgIpc) is 2.85. The van der Waals surface area contributed by atoms with E-state index in [9.17, 15) is 14.4 Å². The van der Waals surface area contributed by atoms with E-state index >= 15 is 0 Å². The Labute approximate surface area is 167 Å². The highest BCUT2D eigenvalue weighted by atomic mass is 16.4. The Bertz CT molecular complexity index is 989. The minimum absolute atomic E-state index is 0.247. The van der Waals surface area contributed by atoms with Crippen molar-refractivity contribution >= 4 is 35.4 Å². The molecule has 2 aromatic rings. The number of aliphatic carboxylic acids is 1. The minimum atomic E-state index is -1.09. The number of nitrogens with zero attached hydrogens (tertiary/aromatic N) is 2. The molecule has 0 radical (unpaired) electrons. The fourth-order valence-corrected chi connectivity index (χ4v) is 3.16. The molecule has 2 aromatic carbocycles. The number of amides is 2. The highest BCUT2D eigenvalue weighted by Gasteiger charge is 2.26. The Kier molecular flexibility index (Phi) is 5.77. The summed E-state index contributed by atoms with van der Waals surface area (Å²) in [5.74, 6) is 3.49. The Hall–Kier alpha value is -3.88. The first-order valence-corrected chi connectivity index (χ1v) is 8.90. The predicted molar refractivity (Wildman–Crippen MR) is 109 cm³/mol. The molecular weight excluding hydrogens is 374 g/mol. The molecule has 0 aromatic heterocycles. The lowest BCUT2D eigenvalue weighted by molar-refractivity contribution is -0.139. The number of benzene rings is 2. The van der Waals surface area contributed by atoms with E-state index in [-0.39, 0.29) is 18.9 Å². The predicted octanol–water partition coefficient (Wildman–Crippen LogP) is 1.14. The van der Waals surface area contributed by atoms with Crippen LogP contribution in [0.4, 0.5) is 11.4 Å². The molecule has 9 heteroatoms. The molecule has 1 heterocycles. The molecule has 0 fully saturated rings. The van der Waals surface area contributed by atoms with Crippen molar-refractivity contribution in [3.05, 3.63) is 59.2 Å². The van der Waals surface area contributed by atoms with Gasteiger partial charge in [0.1, 0.15) is 6.04 Å². The average molecular weight is 395 g/mol. The molecule has 150 valence electrons. The Morgan fingerprint density at radius 3 is 2.79 bits per heavy atom. The van der Waals surface area contributed by atoms with E-state index in [0.717, 1.165) is 5.56 Å². The van der Waals surface area contributed by atoms with Crippen molar-refractivity contribution in [2.45, 2.75) is 19.0 Å². The minimum Gasteiger partial charge on any atom is -0.481 e. The van der Waals surface area contributed by atoms with Gasteiger partial charge in [0.2, 0.25) is 5.91 Å². The second-order valence-electron chi connectivity index (χ2n) is 6.59. The number of rotatable bonds is 5. The standard InChI is InChI=1S/C20H21N5O4/c1-25(17-5-3-2-4-14(17)11-23-21)20(29)12-6-7-13-10-22-19(28)16(9-18(26)27)24-15(13)8-12/h2-8,11,16,24H,9-10,21H2,1H3,(H,22,28)(H,26,27). The van der Waals surface area contributed by atoms with E-state index < -0.39 is 17.9 Å². The van der Waals surface area contributed by atoms with Crippen molar-refractivity contribution in [2.24, 2.45) is 10.9 Å². The highest BCUT2D eigenvalue weighted by Crippen LogP contribution is 2.25. The summed E-state index contributed by atoms with van der Waals surface area (Å²) in [4.78, 5) is 37.7. The first kappa shape index (κ1) is 19.9. The molecule has 9 nitrogen and oxygen atoms in total. The highest BCUT2D eigenvalue weighted by molar-refractivity contribution is 6.08. The maximum absolute atomic E-state index is 13.0. The number of hydrogen-bond acceptors (Lipinski definition) is 6. The first-order chi connectivity index (χ1) is 13.9. The third-order valence-corrected chi connectivity index (χ3v) is 4.65. The van der Waals surface area contributed by atoms with Gasteiger partial charge in [0.15, 0.2) is 0 Å². The maximum Gasteiger partial charge on any atom is 0.305 e. The van der Waals surface area contributed by atoms with E-state index in [1.165, 1.54) is 11.1 Å². The third kappa shape index (κ3) is 4.34. The van der Waals surface area contributed by atoms with Crippen LogP contribution in [0.5, 0.6) is 0 Å². The molecule has 2 amide bonds. The molecule has 0 saturated carbocycles. The van der Waals surface area contributed by atoms with Gasteiger partial charge in [0.25, 0.3) is 5.91 Å². The molecule has 0 bridgehead atoms. The van der Waals surface area contributed by atoms with Gasteiger partial charge in [-0.05, 0) is 23.8 Å². The molecule has 5 N–H and O–H groups in total. The molecular formula is C20H21N5O4. The van der Waals surface area contributed by atoms with Crippen LogP contribution in [0.3, 0.4) is 0 Å². The van der Waals surface area contributed by atoms with Crippen LogP contribution in [0, 0.1) is 0 Å². The van der Waals surface area contributed by atoms with Gasteiger partial charge < -0.3 is 26.5 Å². The maximum atomic E-state index is 13.0. The van der Waals surface area contributed by atoms with Gasteiger partial charge in [-0.3, -0.25) is 14.4 Å². The van der Waals surface area contributed by atoms with Crippen molar-refractivity contribution in [2.75, 3.05) is 17.3 Å². The molecule has 0 spiro atoms. The molecule has 0 aliphatic carbocycles. The zero-order valence-electron chi connectivity index (χ0n) is 15.8. The van der Waals surface area contributed by atoms with Crippen LogP contribution in [0.15, 0.2) is 47.6 Å². The Morgan fingerprint density at radius 2 is 2.07 bits per heavy atom. The smallest absolute Gasteiger partial charge is 0.305 e. The molecule has 1 atom stereocenters. The largest absolute Gasteiger partial charge is 0.481 e. The fourth-order valence-electron chi connectivity index (χ4n) is 3.16. The number of hydrogen-bond donors (Lipinski definition) is 4. The van der Waals surface area contributed by atoms with Gasteiger partial charge in [0, 0.05) is 30.4 Å². The summed E-state index contributed by atoms with van der Waals surface area (Å²) in [6.45, 7) is 0.247. The number of carboxylic acids is 1. The first-order valence-electron chi connectivity index (χ1n) is 8.90. The number of nitrogens with two attached hydrogens (primary N) is 1. The summed E-state index contributed by atoms with van der Waals surface area (Å²) >= 11 is 0. The van der Waals surface area contributed by atoms with Gasteiger partial charge in [-0.25, -0.2) is 0 Å². The van der Waals surface area contributed by atoms with Crippen molar-refractivity contribution in [3.63, 3.8) is 0 Å². The van der Waals surface area contributed by atoms with Crippen LogP contribution >= 0.6 is 0 Å². The van der Waals surface area contributed by atoms with Gasteiger partial charge in [-0.2, -0.15) is 5.10 Å². The molecule has 3 rings (SSSR count). The quantitative estimate of drug-likeness (QED) is 0.340. The van der Waals surface area contributed by atoms with Crippen molar-refractivity contribution < 1.29 is 19.5 Å². The van der Waals surface area contributed by atoms with Crippen LogP contribution in [0.1, 0.15) is 27.9 Å². The summed E-state index contributed by atoms with van der Waals surface area (Å²) in [5, 5.41) is 18.2. The van der Waals surface area contributed by atoms with E-state index in [1.54, 1.807) is 43.4 Å². The molecule has 29 heavy (non-hydrogen) atoms. The number of hydrazone groups is 1. The Balaban J connectivity index is 1.90. The number of nitrogens with one attached hydrogen (secondary N) is 2. The van der Waals surface area contributed by atoms with Gasteiger partial charge in [-0.15, -0.1) is 0 Å². The van der Waals surface area contributed by atoms with E-state index in [0.29, 0.717) is 22.5 Å². The van der Waals surface area contributed by atoms with Gasteiger partial charge in [0.05, 0.1) is 18.3 Å². The number of carbonyl (C=O) groups is 3. The third-order valence-electron chi connectivity index (χ3n) is 4.65. The summed E-state index contributed by atoms with van der Waals surface area (Å²) in [7, 11) is 1.64. The fraction of sp³-hybridized carbons (Fsp3) is 0.200.